The Morgan fingerprint density at radius 2 is 2.12 bits per heavy atom. The lowest BCUT2D eigenvalue weighted by atomic mass is 10.3. The average molecular weight is 341 g/mol. The van der Waals surface area contributed by atoms with Gasteiger partial charge in [-0.3, -0.25) is 4.84 Å². The second-order valence-corrected chi connectivity index (χ2v) is 6.74. The van der Waals surface area contributed by atoms with Crippen LogP contribution in [0.4, 0.5) is 0 Å². The Morgan fingerprint density at radius 3 is 2.71 bits per heavy atom. The standard InChI is InChI=1S/C10H11BrClNO3S/c11-9-7-8(3-4-10(9)12)17(14,15)13-5-1-2-6-16-13/h3-4,7H,1-2,5-6H2. The molecule has 0 aliphatic carbocycles. The lowest BCUT2D eigenvalue weighted by molar-refractivity contribution is -0.108. The predicted molar refractivity (Wildman–Crippen MR) is 68.2 cm³/mol. The van der Waals surface area contributed by atoms with Crippen molar-refractivity contribution in [3.05, 3.63) is 27.7 Å². The molecule has 1 heterocycles. The molecule has 0 amide bonds. The zero-order valence-electron chi connectivity index (χ0n) is 8.90. The Hall–Kier alpha value is -0.140. The average Bonchev–Trinajstić information content (AvgIpc) is 2.33. The number of hydrogen-bond donors (Lipinski definition) is 0. The molecule has 2 rings (SSSR count). The molecule has 1 aliphatic heterocycles. The van der Waals surface area contributed by atoms with Crippen LogP contribution in [0.2, 0.25) is 5.02 Å². The van der Waals surface area contributed by atoms with E-state index in [0.29, 0.717) is 22.6 Å². The summed E-state index contributed by atoms with van der Waals surface area (Å²) in [4.78, 5) is 5.34. The first kappa shape index (κ1) is 13.3. The number of benzene rings is 1. The maximum Gasteiger partial charge on any atom is 0.265 e. The third kappa shape index (κ3) is 2.82. The normalized spacial score (nSPS) is 18.2. The molecule has 17 heavy (non-hydrogen) atoms. The first-order chi connectivity index (χ1) is 8.01. The number of nitrogens with zero attached hydrogens (tertiary/aromatic N) is 1. The molecule has 7 heteroatoms. The van der Waals surface area contributed by atoms with Crippen LogP contribution in [0.15, 0.2) is 27.6 Å². The molecule has 0 N–H and O–H groups in total. The van der Waals surface area contributed by atoms with Gasteiger partial charge in [-0.15, -0.1) is 0 Å². The molecule has 1 aliphatic rings. The van der Waals surface area contributed by atoms with Crippen molar-refractivity contribution >= 4 is 37.6 Å². The van der Waals surface area contributed by atoms with Crippen molar-refractivity contribution in [2.24, 2.45) is 0 Å². The van der Waals surface area contributed by atoms with Crippen LogP contribution in [0.1, 0.15) is 12.8 Å². The summed E-state index contributed by atoms with van der Waals surface area (Å²) in [5.74, 6) is 0. The van der Waals surface area contributed by atoms with Gasteiger partial charge in [-0.2, -0.15) is 0 Å². The number of hydrogen-bond acceptors (Lipinski definition) is 3. The molecule has 1 saturated heterocycles. The highest BCUT2D eigenvalue weighted by Gasteiger charge is 2.27. The summed E-state index contributed by atoms with van der Waals surface area (Å²) in [6.45, 7) is 0.830. The van der Waals surface area contributed by atoms with Gasteiger partial charge in [0.1, 0.15) is 0 Å². The number of halogens is 2. The molecular weight excluding hydrogens is 330 g/mol. The fourth-order valence-electron chi connectivity index (χ4n) is 1.52. The second-order valence-electron chi connectivity index (χ2n) is 3.65. The Morgan fingerprint density at radius 1 is 1.35 bits per heavy atom. The molecule has 1 aromatic carbocycles. The predicted octanol–water partition coefficient (Wildman–Crippen LogP) is 2.82. The molecule has 0 bridgehead atoms. The van der Waals surface area contributed by atoms with Gasteiger partial charge in [0.05, 0.1) is 16.5 Å². The fraction of sp³-hybridized carbons (Fsp3) is 0.400. The van der Waals surface area contributed by atoms with Crippen molar-refractivity contribution < 1.29 is 13.3 Å². The van der Waals surface area contributed by atoms with Gasteiger partial charge in [0, 0.05) is 11.0 Å². The van der Waals surface area contributed by atoms with Gasteiger partial charge in [-0.1, -0.05) is 16.1 Å². The second kappa shape index (κ2) is 5.24. The molecule has 0 saturated carbocycles. The van der Waals surface area contributed by atoms with Crippen LogP contribution in [-0.4, -0.2) is 26.0 Å². The molecule has 0 spiro atoms. The molecule has 0 aromatic heterocycles. The van der Waals surface area contributed by atoms with Crippen molar-refractivity contribution in [3.63, 3.8) is 0 Å². The summed E-state index contributed by atoms with van der Waals surface area (Å²) in [5, 5.41) is 0.475. The van der Waals surface area contributed by atoms with E-state index in [1.165, 1.54) is 12.1 Å². The summed E-state index contributed by atoms with van der Waals surface area (Å²) in [6.07, 6.45) is 1.70. The monoisotopic (exact) mass is 339 g/mol. The maximum absolute atomic E-state index is 12.2. The van der Waals surface area contributed by atoms with E-state index >= 15 is 0 Å². The topological polar surface area (TPSA) is 46.6 Å². The van der Waals surface area contributed by atoms with Gasteiger partial charge in [0.15, 0.2) is 0 Å². The maximum atomic E-state index is 12.2. The summed E-state index contributed by atoms with van der Waals surface area (Å²) >= 11 is 9.04. The molecular formula is C10H11BrClNO3S. The quantitative estimate of drug-likeness (QED) is 0.831. The van der Waals surface area contributed by atoms with Gasteiger partial charge >= 0.3 is 0 Å². The first-order valence-corrected chi connectivity index (χ1v) is 7.73. The molecule has 0 radical (unpaired) electrons. The van der Waals surface area contributed by atoms with Gasteiger partial charge in [0.25, 0.3) is 10.0 Å². The Labute approximate surface area is 114 Å². The number of rotatable bonds is 2. The van der Waals surface area contributed by atoms with Gasteiger partial charge in [-0.25, -0.2) is 8.42 Å². The Bertz CT molecular complexity index is 514. The van der Waals surface area contributed by atoms with Gasteiger partial charge in [-0.05, 0) is 47.0 Å². The van der Waals surface area contributed by atoms with Crippen molar-refractivity contribution in [1.29, 1.82) is 0 Å². The van der Waals surface area contributed by atoms with Crippen LogP contribution >= 0.6 is 27.5 Å². The minimum atomic E-state index is -3.58. The Balaban J connectivity index is 2.33. The highest BCUT2D eigenvalue weighted by atomic mass is 79.9. The van der Waals surface area contributed by atoms with E-state index in [4.69, 9.17) is 16.4 Å². The fourth-order valence-corrected chi connectivity index (χ4v) is 3.49. The minimum Gasteiger partial charge on any atom is -0.284 e. The highest BCUT2D eigenvalue weighted by molar-refractivity contribution is 9.10. The van der Waals surface area contributed by atoms with Crippen LogP contribution in [0.25, 0.3) is 0 Å². The van der Waals surface area contributed by atoms with Crippen molar-refractivity contribution in [2.75, 3.05) is 13.2 Å². The lowest BCUT2D eigenvalue weighted by Gasteiger charge is -2.25. The van der Waals surface area contributed by atoms with Crippen molar-refractivity contribution in [1.82, 2.24) is 4.47 Å². The zero-order valence-corrected chi connectivity index (χ0v) is 12.1. The van der Waals surface area contributed by atoms with E-state index in [2.05, 4.69) is 15.9 Å². The molecule has 4 nitrogen and oxygen atoms in total. The van der Waals surface area contributed by atoms with Crippen molar-refractivity contribution in [3.8, 4) is 0 Å². The third-order valence-corrected chi connectivity index (χ3v) is 5.32. The summed E-state index contributed by atoms with van der Waals surface area (Å²) < 4.78 is 26.0. The molecule has 0 unspecified atom stereocenters. The van der Waals surface area contributed by atoms with Crippen LogP contribution in [-0.2, 0) is 14.9 Å². The van der Waals surface area contributed by atoms with Crippen LogP contribution < -0.4 is 0 Å². The molecule has 1 fully saturated rings. The van der Waals surface area contributed by atoms with Crippen LogP contribution in [0, 0.1) is 0 Å². The largest absolute Gasteiger partial charge is 0.284 e. The summed E-state index contributed by atoms with van der Waals surface area (Å²) in [5.41, 5.74) is 0. The Kier molecular flexibility index (Phi) is 4.10. The highest BCUT2D eigenvalue weighted by Crippen LogP contribution is 2.27. The van der Waals surface area contributed by atoms with E-state index in [9.17, 15) is 8.42 Å². The minimum absolute atomic E-state index is 0.177. The summed E-state index contributed by atoms with van der Waals surface area (Å²) in [7, 11) is -3.58. The van der Waals surface area contributed by atoms with E-state index < -0.39 is 10.0 Å². The number of sulfonamides is 1. The van der Waals surface area contributed by atoms with E-state index in [0.717, 1.165) is 17.3 Å². The van der Waals surface area contributed by atoms with Crippen molar-refractivity contribution in [2.45, 2.75) is 17.7 Å². The number of hydroxylamine groups is 1. The van der Waals surface area contributed by atoms with E-state index in [1.54, 1.807) is 6.07 Å². The van der Waals surface area contributed by atoms with Gasteiger partial charge < -0.3 is 0 Å². The smallest absolute Gasteiger partial charge is 0.265 e. The van der Waals surface area contributed by atoms with Gasteiger partial charge in [0.2, 0.25) is 0 Å². The third-order valence-electron chi connectivity index (χ3n) is 2.43. The SMILES string of the molecule is O=S(=O)(c1ccc(Cl)c(Br)c1)N1CCCCO1. The zero-order chi connectivity index (χ0) is 12.5. The molecule has 94 valence electrons. The van der Waals surface area contributed by atoms with Crippen LogP contribution in [0.5, 0.6) is 0 Å². The molecule has 1 aromatic rings. The van der Waals surface area contributed by atoms with E-state index in [1.807, 2.05) is 0 Å². The summed E-state index contributed by atoms with van der Waals surface area (Å²) in [6, 6.07) is 4.50. The lowest BCUT2D eigenvalue weighted by Crippen LogP contribution is -2.35. The van der Waals surface area contributed by atoms with Crippen LogP contribution in [0.3, 0.4) is 0 Å². The first-order valence-electron chi connectivity index (χ1n) is 5.12. The van der Waals surface area contributed by atoms with E-state index in [-0.39, 0.29) is 4.90 Å². The molecule has 0 atom stereocenters.